The molecule has 0 unspecified atom stereocenters. The summed E-state index contributed by atoms with van der Waals surface area (Å²) in [6.45, 7) is 0. The Morgan fingerprint density at radius 3 is 2.77 bits per heavy atom. The maximum absolute atomic E-state index is 13.9. The Bertz CT molecular complexity index is 1200. The minimum atomic E-state index is -0.319. The molecule has 0 aliphatic rings. The summed E-state index contributed by atoms with van der Waals surface area (Å²) in [6.07, 6.45) is 4.07. The number of carbonyl (C=O) groups excluding carboxylic acids is 1. The predicted molar refractivity (Wildman–Crippen MR) is 113 cm³/mol. The van der Waals surface area contributed by atoms with Gasteiger partial charge >= 0.3 is 0 Å². The standard InChI is InChI=1S/C24H22FN3O2/c1-28-11-10-26-24(28)23(29)15-18(16-4-3-5-19(25)12-16)13-20-7-6-17-14-21(30-2)8-9-22(17)27-20/h3-12,14,18H,13,15H2,1-2H3/t18-/m1/s1. The van der Waals surface area contributed by atoms with E-state index in [0.29, 0.717) is 12.2 Å². The number of nitrogens with zero attached hydrogens (tertiary/aromatic N) is 3. The molecule has 0 fully saturated rings. The molecule has 5 nitrogen and oxygen atoms in total. The molecule has 0 N–H and O–H groups in total. The fourth-order valence-electron chi connectivity index (χ4n) is 3.66. The molecule has 0 saturated carbocycles. The largest absolute Gasteiger partial charge is 0.497 e. The molecular weight excluding hydrogens is 381 g/mol. The van der Waals surface area contributed by atoms with E-state index in [-0.39, 0.29) is 23.9 Å². The minimum Gasteiger partial charge on any atom is -0.497 e. The summed E-state index contributed by atoms with van der Waals surface area (Å²) in [6, 6.07) is 16.1. The number of fused-ring (bicyclic) bond motifs is 1. The Hall–Kier alpha value is -3.54. The lowest BCUT2D eigenvalue weighted by Gasteiger charge is -2.17. The van der Waals surface area contributed by atoms with E-state index in [0.717, 1.165) is 27.9 Å². The van der Waals surface area contributed by atoms with Crippen molar-refractivity contribution in [3.8, 4) is 5.75 Å². The smallest absolute Gasteiger partial charge is 0.198 e. The number of aryl methyl sites for hydroxylation is 1. The van der Waals surface area contributed by atoms with Crippen molar-refractivity contribution in [1.29, 1.82) is 0 Å². The fourth-order valence-corrected chi connectivity index (χ4v) is 3.66. The molecule has 30 heavy (non-hydrogen) atoms. The topological polar surface area (TPSA) is 57.0 Å². The first kappa shape index (κ1) is 19.8. The van der Waals surface area contributed by atoms with Gasteiger partial charge in [0.2, 0.25) is 0 Å². The highest BCUT2D eigenvalue weighted by Gasteiger charge is 2.21. The lowest BCUT2D eigenvalue weighted by atomic mass is 9.89. The van der Waals surface area contributed by atoms with E-state index in [1.54, 1.807) is 37.2 Å². The monoisotopic (exact) mass is 403 g/mol. The maximum atomic E-state index is 13.9. The Kier molecular flexibility index (Phi) is 5.57. The zero-order valence-electron chi connectivity index (χ0n) is 16.9. The third-order valence-electron chi connectivity index (χ3n) is 5.23. The third-order valence-corrected chi connectivity index (χ3v) is 5.23. The van der Waals surface area contributed by atoms with Crippen LogP contribution >= 0.6 is 0 Å². The van der Waals surface area contributed by atoms with Crippen LogP contribution in [0.25, 0.3) is 10.9 Å². The number of rotatable bonds is 7. The number of ketones is 1. The van der Waals surface area contributed by atoms with Crippen molar-refractivity contribution in [2.24, 2.45) is 7.05 Å². The second-order valence-corrected chi connectivity index (χ2v) is 7.31. The van der Waals surface area contributed by atoms with Gasteiger partial charge in [-0.25, -0.2) is 9.37 Å². The van der Waals surface area contributed by atoms with E-state index in [4.69, 9.17) is 9.72 Å². The zero-order chi connectivity index (χ0) is 21.1. The molecule has 2 aromatic heterocycles. The maximum Gasteiger partial charge on any atom is 0.198 e. The van der Waals surface area contributed by atoms with Gasteiger partial charge < -0.3 is 9.30 Å². The number of ether oxygens (including phenoxy) is 1. The molecule has 0 saturated heterocycles. The molecule has 2 aromatic carbocycles. The van der Waals surface area contributed by atoms with Crippen LogP contribution in [0.2, 0.25) is 0 Å². The van der Waals surface area contributed by atoms with E-state index in [9.17, 15) is 9.18 Å². The summed E-state index contributed by atoms with van der Waals surface area (Å²) in [7, 11) is 3.42. The van der Waals surface area contributed by atoms with E-state index < -0.39 is 0 Å². The highest BCUT2D eigenvalue weighted by Crippen LogP contribution is 2.27. The number of imidazole rings is 1. The van der Waals surface area contributed by atoms with Gasteiger partial charge in [0.15, 0.2) is 11.6 Å². The van der Waals surface area contributed by atoms with Gasteiger partial charge in [-0.3, -0.25) is 9.78 Å². The van der Waals surface area contributed by atoms with Crippen LogP contribution in [0.3, 0.4) is 0 Å². The van der Waals surface area contributed by atoms with Crippen LogP contribution in [0.5, 0.6) is 5.75 Å². The first-order valence-electron chi connectivity index (χ1n) is 9.73. The van der Waals surface area contributed by atoms with Crippen molar-refractivity contribution in [3.63, 3.8) is 0 Å². The van der Waals surface area contributed by atoms with Gasteiger partial charge in [0.05, 0.1) is 12.6 Å². The highest BCUT2D eigenvalue weighted by atomic mass is 19.1. The summed E-state index contributed by atoms with van der Waals surface area (Å²) in [5, 5.41) is 0.976. The van der Waals surface area contributed by atoms with Gasteiger partial charge in [-0.2, -0.15) is 0 Å². The Balaban J connectivity index is 1.64. The van der Waals surface area contributed by atoms with Crippen molar-refractivity contribution in [1.82, 2.24) is 14.5 Å². The van der Waals surface area contributed by atoms with Crippen molar-refractivity contribution in [3.05, 3.63) is 89.9 Å². The minimum absolute atomic E-state index is 0.0812. The van der Waals surface area contributed by atoms with Gasteiger partial charge in [-0.1, -0.05) is 18.2 Å². The predicted octanol–water partition coefficient (Wildman–Crippen LogP) is 4.72. The molecule has 0 spiro atoms. The lowest BCUT2D eigenvalue weighted by molar-refractivity contribution is 0.0960. The molecule has 4 rings (SSSR count). The number of carbonyl (C=O) groups is 1. The average Bonchev–Trinajstić information content (AvgIpc) is 3.19. The number of pyridine rings is 1. The van der Waals surface area contributed by atoms with Crippen LogP contribution in [-0.4, -0.2) is 27.4 Å². The van der Waals surface area contributed by atoms with Gasteiger partial charge in [0.25, 0.3) is 0 Å². The SMILES string of the molecule is COc1ccc2nc(C[C@H](CC(=O)c3nccn3C)c3cccc(F)c3)ccc2c1. The van der Waals surface area contributed by atoms with Crippen LogP contribution in [0.15, 0.2) is 67.0 Å². The van der Waals surface area contributed by atoms with Crippen molar-refractivity contribution in [2.75, 3.05) is 7.11 Å². The number of hydrogen-bond donors (Lipinski definition) is 0. The quantitative estimate of drug-likeness (QED) is 0.419. The molecule has 0 bridgehead atoms. The number of aromatic nitrogens is 3. The fraction of sp³-hybridized carbons (Fsp3) is 0.208. The Labute approximate surface area is 174 Å². The van der Waals surface area contributed by atoms with Gasteiger partial charge in [-0.15, -0.1) is 0 Å². The lowest BCUT2D eigenvalue weighted by Crippen LogP contribution is -2.14. The molecule has 0 aliphatic heterocycles. The van der Waals surface area contributed by atoms with E-state index in [1.807, 2.05) is 36.4 Å². The van der Waals surface area contributed by atoms with Gasteiger partial charge in [0, 0.05) is 36.9 Å². The molecule has 152 valence electrons. The first-order valence-corrected chi connectivity index (χ1v) is 9.73. The number of methoxy groups -OCH3 is 1. The van der Waals surface area contributed by atoms with Crippen LogP contribution in [-0.2, 0) is 13.5 Å². The number of halogens is 1. The number of hydrogen-bond acceptors (Lipinski definition) is 4. The summed E-state index contributed by atoms with van der Waals surface area (Å²) in [4.78, 5) is 21.8. The first-order chi connectivity index (χ1) is 14.5. The summed E-state index contributed by atoms with van der Waals surface area (Å²) >= 11 is 0. The van der Waals surface area contributed by atoms with Crippen LogP contribution < -0.4 is 4.74 Å². The zero-order valence-corrected chi connectivity index (χ0v) is 16.9. The Morgan fingerprint density at radius 2 is 2.03 bits per heavy atom. The van der Waals surface area contributed by atoms with E-state index >= 15 is 0 Å². The average molecular weight is 403 g/mol. The molecule has 4 aromatic rings. The third kappa shape index (κ3) is 4.22. The van der Waals surface area contributed by atoms with Crippen molar-refractivity contribution >= 4 is 16.7 Å². The van der Waals surface area contributed by atoms with Crippen LogP contribution in [0.1, 0.15) is 34.2 Å². The molecule has 6 heteroatoms. The molecular formula is C24H22FN3O2. The van der Waals surface area contributed by atoms with Crippen molar-refractivity contribution < 1.29 is 13.9 Å². The Morgan fingerprint density at radius 1 is 1.17 bits per heavy atom. The van der Waals surface area contributed by atoms with Gasteiger partial charge in [-0.05, 0) is 54.3 Å². The van der Waals surface area contributed by atoms with Gasteiger partial charge in [0.1, 0.15) is 11.6 Å². The van der Waals surface area contributed by atoms with Crippen LogP contribution in [0, 0.1) is 5.82 Å². The molecule has 0 radical (unpaired) electrons. The molecule has 0 amide bonds. The van der Waals surface area contributed by atoms with Crippen LogP contribution in [0.4, 0.5) is 4.39 Å². The molecule has 0 aliphatic carbocycles. The summed E-state index contributed by atoms with van der Waals surface area (Å²) in [5.41, 5.74) is 2.46. The molecule has 1 atom stereocenters. The second kappa shape index (κ2) is 8.45. The normalized spacial score (nSPS) is 12.1. The highest BCUT2D eigenvalue weighted by molar-refractivity contribution is 5.93. The number of benzene rings is 2. The second-order valence-electron chi connectivity index (χ2n) is 7.31. The van der Waals surface area contributed by atoms with Crippen molar-refractivity contribution in [2.45, 2.75) is 18.8 Å². The summed E-state index contributed by atoms with van der Waals surface area (Å²) < 4.78 is 20.9. The van der Waals surface area contributed by atoms with E-state index in [1.165, 1.54) is 12.1 Å². The number of Topliss-reactive ketones (excluding diaryl/α,β-unsaturated/α-hetero) is 1. The van der Waals surface area contributed by atoms with E-state index in [2.05, 4.69) is 4.98 Å². The molecule has 2 heterocycles. The summed E-state index contributed by atoms with van der Waals surface area (Å²) in [5.74, 6) is 0.557.